The topological polar surface area (TPSA) is 85.7 Å². The van der Waals surface area contributed by atoms with Crippen LogP contribution in [-0.2, 0) is 9.47 Å². The van der Waals surface area contributed by atoms with E-state index in [1.165, 1.54) is 0 Å². The molecule has 8 nitrogen and oxygen atoms in total. The van der Waals surface area contributed by atoms with Crippen LogP contribution < -0.4 is 5.32 Å². The minimum Gasteiger partial charge on any atom is -0.444 e. The number of nitrogens with one attached hydrogen (secondary N) is 1. The van der Waals surface area contributed by atoms with Crippen molar-refractivity contribution in [3.8, 4) is 0 Å². The molecule has 2 heterocycles. The van der Waals surface area contributed by atoms with Gasteiger partial charge in [-0.25, -0.2) is 9.59 Å². The van der Waals surface area contributed by atoms with Gasteiger partial charge in [-0.3, -0.25) is 0 Å². The SMILES string of the molecule is CC(C)(C)OC(=O)N1CCC(Nc2ccn(C(=O)OC(C)(C)C)n2)C1. The molecule has 0 aromatic carbocycles. The molecule has 1 atom stereocenters. The molecule has 0 radical (unpaired) electrons. The van der Waals surface area contributed by atoms with E-state index in [0.29, 0.717) is 18.9 Å². The van der Waals surface area contributed by atoms with Crippen LogP contribution in [0, 0.1) is 0 Å². The highest BCUT2D eigenvalue weighted by molar-refractivity contribution is 5.70. The second-order valence-corrected chi connectivity index (χ2v) is 8.18. The first-order chi connectivity index (χ1) is 11.4. The lowest BCUT2D eigenvalue weighted by molar-refractivity contribution is 0.0293. The summed E-state index contributed by atoms with van der Waals surface area (Å²) in [6.07, 6.45) is 1.51. The van der Waals surface area contributed by atoms with Gasteiger partial charge in [0.1, 0.15) is 17.0 Å². The molecule has 1 aliphatic heterocycles. The van der Waals surface area contributed by atoms with Crippen LogP contribution in [0.3, 0.4) is 0 Å². The monoisotopic (exact) mass is 352 g/mol. The number of carbonyl (C=O) groups excluding carboxylic acids is 2. The summed E-state index contributed by atoms with van der Waals surface area (Å²) >= 11 is 0. The lowest BCUT2D eigenvalue weighted by Gasteiger charge is -2.24. The summed E-state index contributed by atoms with van der Waals surface area (Å²) in [5, 5.41) is 7.42. The molecular weight excluding hydrogens is 324 g/mol. The Morgan fingerprint density at radius 3 is 2.32 bits per heavy atom. The number of anilines is 1. The molecule has 1 aromatic heterocycles. The number of rotatable bonds is 2. The second kappa shape index (κ2) is 6.93. The van der Waals surface area contributed by atoms with Crippen LogP contribution in [0.4, 0.5) is 15.4 Å². The van der Waals surface area contributed by atoms with Crippen molar-refractivity contribution in [1.82, 2.24) is 14.7 Å². The minimum atomic E-state index is -0.573. The molecule has 25 heavy (non-hydrogen) atoms. The average molecular weight is 352 g/mol. The maximum Gasteiger partial charge on any atom is 0.435 e. The molecule has 1 N–H and O–H groups in total. The molecule has 1 unspecified atom stereocenters. The minimum absolute atomic E-state index is 0.0644. The van der Waals surface area contributed by atoms with Crippen LogP contribution in [0.25, 0.3) is 0 Å². The summed E-state index contributed by atoms with van der Waals surface area (Å²) in [4.78, 5) is 25.7. The Morgan fingerprint density at radius 1 is 1.12 bits per heavy atom. The van der Waals surface area contributed by atoms with Gasteiger partial charge >= 0.3 is 12.2 Å². The van der Waals surface area contributed by atoms with Gasteiger partial charge in [0.15, 0.2) is 0 Å². The molecular formula is C17H28N4O4. The van der Waals surface area contributed by atoms with Gasteiger partial charge in [0.25, 0.3) is 0 Å². The third-order valence-electron chi connectivity index (χ3n) is 3.36. The van der Waals surface area contributed by atoms with Gasteiger partial charge in [-0.1, -0.05) is 0 Å². The second-order valence-electron chi connectivity index (χ2n) is 8.18. The molecule has 140 valence electrons. The van der Waals surface area contributed by atoms with Gasteiger partial charge in [0.05, 0.1) is 0 Å². The molecule has 0 spiro atoms. The fourth-order valence-corrected chi connectivity index (χ4v) is 2.39. The largest absolute Gasteiger partial charge is 0.444 e. The fraction of sp³-hybridized carbons (Fsp3) is 0.706. The van der Waals surface area contributed by atoms with E-state index in [0.717, 1.165) is 11.1 Å². The Labute approximate surface area is 148 Å². The zero-order chi connectivity index (χ0) is 18.8. The number of hydrogen-bond donors (Lipinski definition) is 1. The summed E-state index contributed by atoms with van der Waals surface area (Å²) < 4.78 is 11.8. The molecule has 0 saturated carbocycles. The molecule has 1 amide bonds. The van der Waals surface area contributed by atoms with Crippen LogP contribution in [0.15, 0.2) is 12.3 Å². The Bertz CT molecular complexity index is 627. The van der Waals surface area contributed by atoms with E-state index in [1.54, 1.807) is 37.9 Å². The predicted molar refractivity (Wildman–Crippen MR) is 93.7 cm³/mol. The average Bonchev–Trinajstić information content (AvgIpc) is 3.04. The van der Waals surface area contributed by atoms with E-state index < -0.39 is 17.3 Å². The lowest BCUT2D eigenvalue weighted by atomic mass is 10.2. The van der Waals surface area contributed by atoms with Gasteiger partial charge in [0.2, 0.25) is 0 Å². The number of hydrogen-bond acceptors (Lipinski definition) is 6. The summed E-state index contributed by atoms with van der Waals surface area (Å²) in [7, 11) is 0. The van der Waals surface area contributed by atoms with Crippen LogP contribution >= 0.6 is 0 Å². The maximum atomic E-state index is 12.1. The Morgan fingerprint density at radius 2 is 1.72 bits per heavy atom. The van der Waals surface area contributed by atoms with Gasteiger partial charge in [-0.05, 0) is 48.0 Å². The zero-order valence-corrected chi connectivity index (χ0v) is 15.8. The molecule has 8 heteroatoms. The highest BCUT2D eigenvalue weighted by Gasteiger charge is 2.30. The van der Waals surface area contributed by atoms with E-state index in [2.05, 4.69) is 10.4 Å². The van der Waals surface area contributed by atoms with E-state index in [1.807, 2.05) is 20.8 Å². The first-order valence-electron chi connectivity index (χ1n) is 8.46. The first-order valence-corrected chi connectivity index (χ1v) is 8.46. The Hall–Kier alpha value is -2.25. The number of amides is 1. The molecule has 1 fully saturated rings. The molecule has 0 bridgehead atoms. The van der Waals surface area contributed by atoms with Crippen LogP contribution in [0.2, 0.25) is 0 Å². The number of carbonyl (C=O) groups is 2. The van der Waals surface area contributed by atoms with Gasteiger partial charge in [-0.15, -0.1) is 5.10 Å². The summed E-state index contributed by atoms with van der Waals surface area (Å²) in [5.74, 6) is 0.571. The van der Waals surface area contributed by atoms with Gasteiger partial charge in [0, 0.05) is 31.4 Å². The Kier molecular flexibility index (Phi) is 5.29. The van der Waals surface area contributed by atoms with Crippen molar-refractivity contribution in [2.75, 3.05) is 18.4 Å². The van der Waals surface area contributed by atoms with E-state index >= 15 is 0 Å². The fourth-order valence-electron chi connectivity index (χ4n) is 2.39. The number of nitrogens with zero attached hydrogens (tertiary/aromatic N) is 3. The van der Waals surface area contributed by atoms with Crippen molar-refractivity contribution in [3.05, 3.63) is 12.3 Å². The molecule has 1 aliphatic rings. The van der Waals surface area contributed by atoms with Crippen LogP contribution in [0.5, 0.6) is 0 Å². The summed E-state index contributed by atoms with van der Waals surface area (Å²) in [5.41, 5.74) is -1.08. The lowest BCUT2D eigenvalue weighted by Crippen LogP contribution is -2.36. The van der Waals surface area contributed by atoms with Crippen molar-refractivity contribution < 1.29 is 19.1 Å². The zero-order valence-electron chi connectivity index (χ0n) is 15.8. The highest BCUT2D eigenvalue weighted by Crippen LogP contribution is 2.18. The van der Waals surface area contributed by atoms with Crippen LogP contribution in [-0.4, -0.2) is 57.2 Å². The van der Waals surface area contributed by atoms with Crippen LogP contribution in [0.1, 0.15) is 48.0 Å². The molecule has 0 aliphatic carbocycles. The standard InChI is InChI=1S/C17H28N4O4/c1-16(2,3)24-14(22)20-9-7-12(11-20)18-13-8-10-21(19-13)15(23)25-17(4,5)6/h8,10,12H,7,9,11H2,1-6H3,(H,18,19). The third-order valence-corrected chi connectivity index (χ3v) is 3.36. The first kappa shape index (κ1) is 19.1. The van der Waals surface area contributed by atoms with E-state index in [-0.39, 0.29) is 12.1 Å². The van der Waals surface area contributed by atoms with E-state index in [9.17, 15) is 9.59 Å². The van der Waals surface area contributed by atoms with Crippen molar-refractivity contribution >= 4 is 18.0 Å². The maximum absolute atomic E-state index is 12.1. The van der Waals surface area contributed by atoms with Crippen molar-refractivity contribution in [2.24, 2.45) is 0 Å². The Balaban J connectivity index is 1.88. The molecule has 2 rings (SSSR count). The number of likely N-dealkylation sites (tertiary alicyclic amines) is 1. The summed E-state index contributed by atoms with van der Waals surface area (Å²) in [6, 6.07) is 1.77. The normalized spacial score (nSPS) is 18.2. The number of aromatic nitrogens is 2. The van der Waals surface area contributed by atoms with Crippen molar-refractivity contribution in [1.29, 1.82) is 0 Å². The van der Waals surface area contributed by atoms with Crippen molar-refractivity contribution in [2.45, 2.75) is 65.2 Å². The highest BCUT2D eigenvalue weighted by atomic mass is 16.6. The molecule has 1 aromatic rings. The predicted octanol–water partition coefficient (Wildman–Crippen LogP) is 3.09. The quantitative estimate of drug-likeness (QED) is 0.880. The third kappa shape index (κ3) is 5.95. The van der Waals surface area contributed by atoms with E-state index in [4.69, 9.17) is 9.47 Å². The van der Waals surface area contributed by atoms with Gasteiger partial charge < -0.3 is 19.7 Å². The van der Waals surface area contributed by atoms with Crippen molar-refractivity contribution in [3.63, 3.8) is 0 Å². The smallest absolute Gasteiger partial charge is 0.435 e. The summed E-state index contributed by atoms with van der Waals surface area (Å²) in [6.45, 7) is 12.1. The number of ether oxygens (including phenoxy) is 2. The molecule has 1 saturated heterocycles. The van der Waals surface area contributed by atoms with Gasteiger partial charge in [-0.2, -0.15) is 4.68 Å².